The van der Waals surface area contributed by atoms with Gasteiger partial charge in [0.1, 0.15) is 11.8 Å². The van der Waals surface area contributed by atoms with Crippen LogP contribution < -0.4 is 0 Å². The first kappa shape index (κ1) is 16.8. The average Bonchev–Trinajstić information content (AvgIpc) is 2.64. The molecule has 7 nitrogen and oxygen atoms in total. The average molecular weight is 331 g/mol. The van der Waals surface area contributed by atoms with Crippen molar-refractivity contribution in [3.63, 3.8) is 0 Å². The van der Waals surface area contributed by atoms with Gasteiger partial charge in [-0.25, -0.2) is 4.98 Å². The molecule has 3 rings (SSSR count). The van der Waals surface area contributed by atoms with E-state index < -0.39 is 6.10 Å². The summed E-state index contributed by atoms with van der Waals surface area (Å²) in [5, 5.41) is 27.9. The Balaban J connectivity index is 1.62. The number of ether oxygens (including phenoxy) is 1. The number of aliphatic hydroxyl groups excluding tert-OH is 2. The standard InChI is InChI=1S/C17H21N3O4/c18-10-13-2-1-12(11-19-13)16(23)20-5-3-17(4-6-20)14(22)9-15(17)24-8-7-21/h1-2,11,14-15,21-22H,3-9H2/t14-,15+/m0/s1. The van der Waals surface area contributed by atoms with E-state index in [4.69, 9.17) is 15.1 Å². The molecule has 128 valence electrons. The van der Waals surface area contributed by atoms with Crippen LogP contribution in [0.5, 0.6) is 0 Å². The molecule has 0 aromatic carbocycles. The van der Waals surface area contributed by atoms with Gasteiger partial charge in [-0.15, -0.1) is 0 Å². The maximum absolute atomic E-state index is 12.5. The fourth-order valence-electron chi connectivity index (χ4n) is 3.71. The monoisotopic (exact) mass is 331 g/mol. The van der Waals surface area contributed by atoms with Gasteiger partial charge in [-0.1, -0.05) is 0 Å². The highest BCUT2D eigenvalue weighted by Gasteiger charge is 2.56. The Kier molecular flexibility index (Phi) is 4.81. The van der Waals surface area contributed by atoms with Crippen LogP contribution in [0.1, 0.15) is 35.3 Å². The Morgan fingerprint density at radius 3 is 2.75 bits per heavy atom. The molecule has 2 fully saturated rings. The fourth-order valence-corrected chi connectivity index (χ4v) is 3.71. The second-order valence-corrected chi connectivity index (χ2v) is 6.40. The minimum Gasteiger partial charge on any atom is -0.394 e. The molecular weight excluding hydrogens is 310 g/mol. The third-order valence-corrected chi connectivity index (χ3v) is 5.26. The van der Waals surface area contributed by atoms with Crippen molar-refractivity contribution in [1.82, 2.24) is 9.88 Å². The predicted octanol–water partition coefficient (Wildman–Crippen LogP) is 0.318. The van der Waals surface area contributed by atoms with Gasteiger partial charge in [0, 0.05) is 31.1 Å². The van der Waals surface area contributed by atoms with Crippen LogP contribution in [0, 0.1) is 16.7 Å². The van der Waals surface area contributed by atoms with E-state index in [2.05, 4.69) is 4.98 Å². The Morgan fingerprint density at radius 2 is 2.21 bits per heavy atom. The first-order valence-electron chi connectivity index (χ1n) is 8.16. The van der Waals surface area contributed by atoms with Crippen LogP contribution >= 0.6 is 0 Å². The van der Waals surface area contributed by atoms with Crippen molar-refractivity contribution in [2.75, 3.05) is 26.3 Å². The highest BCUT2D eigenvalue weighted by Crippen LogP contribution is 2.51. The zero-order chi connectivity index (χ0) is 17.2. The summed E-state index contributed by atoms with van der Waals surface area (Å²) in [4.78, 5) is 18.2. The molecule has 0 radical (unpaired) electrons. The lowest BCUT2D eigenvalue weighted by Gasteiger charge is -2.56. The molecular formula is C17H21N3O4. The molecule has 1 aliphatic carbocycles. The summed E-state index contributed by atoms with van der Waals surface area (Å²) in [7, 11) is 0. The summed E-state index contributed by atoms with van der Waals surface area (Å²) in [6, 6.07) is 5.08. The molecule has 2 atom stereocenters. The van der Waals surface area contributed by atoms with Crippen LogP contribution in [-0.2, 0) is 4.74 Å². The number of nitriles is 1. The van der Waals surface area contributed by atoms with Crippen molar-refractivity contribution < 1.29 is 19.7 Å². The third-order valence-electron chi connectivity index (χ3n) is 5.26. The molecule has 1 aliphatic heterocycles. The number of piperidine rings is 1. The first-order valence-corrected chi connectivity index (χ1v) is 8.16. The van der Waals surface area contributed by atoms with Gasteiger partial charge in [-0.05, 0) is 25.0 Å². The van der Waals surface area contributed by atoms with Gasteiger partial charge < -0.3 is 19.8 Å². The normalized spacial score (nSPS) is 25.1. The van der Waals surface area contributed by atoms with Crippen LogP contribution in [0.15, 0.2) is 18.3 Å². The van der Waals surface area contributed by atoms with E-state index in [0.717, 1.165) is 0 Å². The molecule has 1 saturated heterocycles. The SMILES string of the molecule is N#Cc1ccc(C(=O)N2CCC3(CC2)[C@@H](O)C[C@H]3OCCO)cn1. The zero-order valence-electron chi connectivity index (χ0n) is 13.4. The number of hydrogen-bond donors (Lipinski definition) is 2. The van der Waals surface area contributed by atoms with Crippen LogP contribution in [-0.4, -0.2) is 64.5 Å². The van der Waals surface area contributed by atoms with Gasteiger partial charge in [0.2, 0.25) is 0 Å². The van der Waals surface area contributed by atoms with Crippen molar-refractivity contribution in [1.29, 1.82) is 5.26 Å². The zero-order valence-corrected chi connectivity index (χ0v) is 13.4. The van der Waals surface area contributed by atoms with Crippen molar-refractivity contribution in [3.05, 3.63) is 29.6 Å². The van der Waals surface area contributed by atoms with Gasteiger partial charge in [0.25, 0.3) is 5.91 Å². The molecule has 1 spiro atoms. The number of rotatable bonds is 4. The summed E-state index contributed by atoms with van der Waals surface area (Å²) < 4.78 is 5.64. The molecule has 2 N–H and O–H groups in total. The number of nitrogens with zero attached hydrogens (tertiary/aromatic N) is 3. The molecule has 1 amide bonds. The summed E-state index contributed by atoms with van der Waals surface area (Å²) in [6.45, 7) is 1.35. The van der Waals surface area contributed by atoms with E-state index in [1.807, 2.05) is 6.07 Å². The quantitative estimate of drug-likeness (QED) is 0.823. The largest absolute Gasteiger partial charge is 0.394 e. The second-order valence-electron chi connectivity index (χ2n) is 6.40. The van der Waals surface area contributed by atoms with Gasteiger partial charge in [0.05, 0.1) is 31.0 Å². The van der Waals surface area contributed by atoms with Crippen LogP contribution in [0.25, 0.3) is 0 Å². The minimum absolute atomic E-state index is 0.0288. The van der Waals surface area contributed by atoms with Crippen LogP contribution in [0.4, 0.5) is 0 Å². The predicted molar refractivity (Wildman–Crippen MR) is 84.0 cm³/mol. The highest BCUT2D eigenvalue weighted by atomic mass is 16.5. The van der Waals surface area contributed by atoms with Crippen LogP contribution in [0.2, 0.25) is 0 Å². The molecule has 7 heteroatoms. The summed E-state index contributed by atoms with van der Waals surface area (Å²) in [5.74, 6) is -0.108. The van der Waals surface area contributed by atoms with Crippen molar-refractivity contribution in [3.8, 4) is 6.07 Å². The first-order chi connectivity index (χ1) is 11.6. The minimum atomic E-state index is -0.407. The lowest BCUT2D eigenvalue weighted by Crippen LogP contribution is -2.62. The van der Waals surface area contributed by atoms with Crippen molar-refractivity contribution in [2.45, 2.75) is 31.5 Å². The van der Waals surface area contributed by atoms with Gasteiger partial charge >= 0.3 is 0 Å². The Morgan fingerprint density at radius 1 is 1.46 bits per heavy atom. The molecule has 1 aromatic rings. The maximum Gasteiger partial charge on any atom is 0.255 e. The van der Waals surface area contributed by atoms with Crippen molar-refractivity contribution in [2.24, 2.45) is 5.41 Å². The lowest BCUT2D eigenvalue weighted by atomic mass is 9.58. The third kappa shape index (κ3) is 2.88. The van der Waals surface area contributed by atoms with Gasteiger partial charge in [-0.2, -0.15) is 5.26 Å². The molecule has 0 unspecified atom stereocenters. The number of likely N-dealkylation sites (tertiary alicyclic amines) is 1. The Labute approximate surface area is 140 Å². The molecule has 1 aromatic heterocycles. The number of carbonyl (C=O) groups is 1. The van der Waals surface area contributed by atoms with E-state index >= 15 is 0 Å². The Bertz CT molecular complexity index is 632. The van der Waals surface area contributed by atoms with Gasteiger partial charge in [-0.3, -0.25) is 4.79 Å². The van der Waals surface area contributed by atoms with E-state index in [0.29, 0.717) is 37.9 Å². The second kappa shape index (κ2) is 6.85. The van der Waals surface area contributed by atoms with Crippen molar-refractivity contribution >= 4 is 5.91 Å². The van der Waals surface area contributed by atoms with Crippen LogP contribution in [0.3, 0.4) is 0 Å². The fraction of sp³-hybridized carbons (Fsp3) is 0.588. The van der Waals surface area contributed by atoms with E-state index in [1.54, 1.807) is 11.0 Å². The number of hydrogen-bond acceptors (Lipinski definition) is 6. The Hall–Kier alpha value is -2.01. The summed E-state index contributed by atoms with van der Waals surface area (Å²) in [5.41, 5.74) is 0.451. The topological polar surface area (TPSA) is 107 Å². The maximum atomic E-state index is 12.5. The summed E-state index contributed by atoms with van der Waals surface area (Å²) >= 11 is 0. The molecule has 24 heavy (non-hydrogen) atoms. The number of aliphatic hydroxyl groups is 2. The smallest absolute Gasteiger partial charge is 0.255 e. The number of pyridine rings is 1. The number of carbonyl (C=O) groups excluding carboxylic acids is 1. The molecule has 0 bridgehead atoms. The van der Waals surface area contributed by atoms with E-state index in [9.17, 15) is 9.90 Å². The summed E-state index contributed by atoms with van der Waals surface area (Å²) in [6.07, 6.45) is 2.92. The van der Waals surface area contributed by atoms with E-state index in [-0.39, 0.29) is 36.3 Å². The highest BCUT2D eigenvalue weighted by molar-refractivity contribution is 5.94. The van der Waals surface area contributed by atoms with E-state index in [1.165, 1.54) is 12.3 Å². The molecule has 2 aliphatic rings. The molecule has 2 heterocycles. The lowest BCUT2D eigenvalue weighted by molar-refractivity contribution is -0.211. The number of aromatic nitrogens is 1. The van der Waals surface area contributed by atoms with Gasteiger partial charge in [0.15, 0.2) is 0 Å². The number of amides is 1. The molecule has 1 saturated carbocycles.